The number of aromatic nitrogens is 2. The maximum Gasteiger partial charge on any atom is 0.271 e. The van der Waals surface area contributed by atoms with Crippen LogP contribution >= 0.6 is 11.3 Å². The molecule has 6 aromatic rings. The van der Waals surface area contributed by atoms with Crippen LogP contribution in [0.15, 0.2) is 113 Å². The second-order valence-electron chi connectivity index (χ2n) is 11.5. The number of aryl methyl sites for hydroxylation is 1. The van der Waals surface area contributed by atoms with Gasteiger partial charge in [0.1, 0.15) is 5.82 Å². The fourth-order valence-electron chi connectivity index (χ4n) is 6.82. The second-order valence-corrected chi connectivity index (χ2v) is 12.6. The number of ether oxygens (including phenoxy) is 2. The van der Waals surface area contributed by atoms with E-state index in [1.807, 2.05) is 76.0 Å². The Morgan fingerprint density at radius 3 is 2.57 bits per heavy atom. The first kappa shape index (κ1) is 28.3. The van der Waals surface area contributed by atoms with Crippen LogP contribution in [0, 0.1) is 5.82 Å². The van der Waals surface area contributed by atoms with Crippen LogP contribution in [0.3, 0.4) is 0 Å². The molecule has 4 aromatic carbocycles. The summed E-state index contributed by atoms with van der Waals surface area (Å²) in [6.45, 7) is 0.383. The molecule has 8 rings (SSSR count). The van der Waals surface area contributed by atoms with Gasteiger partial charge in [-0.3, -0.25) is 9.36 Å². The summed E-state index contributed by atoms with van der Waals surface area (Å²) in [5.74, 6) is 1.00. The Morgan fingerprint density at radius 1 is 0.935 bits per heavy atom. The van der Waals surface area contributed by atoms with Crippen LogP contribution in [0.4, 0.5) is 4.39 Å². The van der Waals surface area contributed by atoms with Gasteiger partial charge in [0, 0.05) is 33.8 Å². The molecule has 0 saturated carbocycles. The predicted molar refractivity (Wildman–Crippen MR) is 180 cm³/mol. The normalized spacial score (nSPS) is 15.7. The summed E-state index contributed by atoms with van der Waals surface area (Å²) < 4.78 is 30.3. The van der Waals surface area contributed by atoms with E-state index in [0.29, 0.717) is 32.9 Å². The molecule has 1 aliphatic heterocycles. The average molecular weight is 628 g/mol. The van der Waals surface area contributed by atoms with E-state index >= 15 is 0 Å². The summed E-state index contributed by atoms with van der Waals surface area (Å²) in [6.07, 6.45) is 5.62. The average Bonchev–Trinajstić information content (AvgIpc) is 3.60. The maximum absolute atomic E-state index is 14.6. The molecule has 1 unspecified atom stereocenters. The van der Waals surface area contributed by atoms with E-state index < -0.39 is 0 Å². The zero-order valence-electron chi connectivity index (χ0n) is 25.4. The number of benzene rings is 4. The van der Waals surface area contributed by atoms with E-state index in [-0.39, 0.29) is 17.4 Å². The molecule has 3 heterocycles. The summed E-state index contributed by atoms with van der Waals surface area (Å²) in [4.78, 5) is 20.2. The molecule has 46 heavy (non-hydrogen) atoms. The van der Waals surface area contributed by atoms with Gasteiger partial charge in [0.2, 0.25) is 0 Å². The fourth-order valence-corrected chi connectivity index (χ4v) is 7.81. The highest BCUT2D eigenvalue weighted by Gasteiger charge is 2.33. The third-order valence-corrected chi connectivity index (χ3v) is 9.98. The Morgan fingerprint density at radius 2 is 1.72 bits per heavy atom. The first-order valence-corrected chi connectivity index (χ1v) is 16.0. The van der Waals surface area contributed by atoms with Crippen molar-refractivity contribution < 1.29 is 13.9 Å². The zero-order chi connectivity index (χ0) is 31.4. The molecule has 0 amide bonds. The Kier molecular flexibility index (Phi) is 6.95. The molecular weight excluding hydrogens is 598 g/mol. The van der Waals surface area contributed by atoms with Crippen molar-refractivity contribution >= 4 is 34.0 Å². The molecule has 2 aliphatic rings. The fraction of sp³-hybridized carbons (Fsp3) is 0.158. The van der Waals surface area contributed by atoms with E-state index in [2.05, 4.69) is 18.2 Å². The second kappa shape index (κ2) is 11.3. The summed E-state index contributed by atoms with van der Waals surface area (Å²) >= 11 is 1.40. The number of nitrogens with zero attached hydrogens (tertiary/aromatic N) is 3. The third kappa shape index (κ3) is 4.60. The molecule has 0 N–H and O–H groups in total. The van der Waals surface area contributed by atoms with Crippen molar-refractivity contribution in [1.29, 1.82) is 0 Å². The molecule has 0 radical (unpaired) electrons. The van der Waals surface area contributed by atoms with E-state index in [1.165, 1.54) is 23.0 Å². The first-order valence-electron chi connectivity index (χ1n) is 15.2. The number of methoxy groups -OCH3 is 2. The highest BCUT2D eigenvalue weighted by atomic mass is 32.1. The topological polar surface area (TPSA) is 57.8 Å². The number of allylic oxidation sites excluding steroid dienone is 1. The van der Waals surface area contributed by atoms with Crippen molar-refractivity contribution in [3.63, 3.8) is 0 Å². The molecule has 1 aliphatic carbocycles. The highest BCUT2D eigenvalue weighted by molar-refractivity contribution is 7.07. The Labute approximate surface area is 268 Å². The number of hydrogen-bond acceptors (Lipinski definition) is 5. The number of halogens is 1. The van der Waals surface area contributed by atoms with Crippen molar-refractivity contribution in [2.45, 2.75) is 25.4 Å². The number of fused-ring (bicyclic) bond motifs is 4. The molecule has 6 nitrogen and oxygen atoms in total. The van der Waals surface area contributed by atoms with Crippen molar-refractivity contribution in [2.24, 2.45) is 4.99 Å². The van der Waals surface area contributed by atoms with Gasteiger partial charge in [0.25, 0.3) is 5.56 Å². The zero-order valence-corrected chi connectivity index (χ0v) is 26.2. The molecular formula is C38H30FN3O3S. The minimum Gasteiger partial charge on any atom is -0.493 e. The van der Waals surface area contributed by atoms with Crippen LogP contribution in [-0.2, 0) is 13.0 Å². The lowest BCUT2D eigenvalue weighted by Crippen LogP contribution is -2.38. The van der Waals surface area contributed by atoms with Gasteiger partial charge in [-0.25, -0.2) is 9.38 Å². The monoisotopic (exact) mass is 627 g/mol. The van der Waals surface area contributed by atoms with Gasteiger partial charge in [0.15, 0.2) is 16.3 Å². The minimum atomic E-state index is -0.344. The van der Waals surface area contributed by atoms with Gasteiger partial charge >= 0.3 is 0 Å². The van der Waals surface area contributed by atoms with Crippen LogP contribution < -0.4 is 24.4 Å². The standard InChI is InChI=1S/C38H30FN3O3S/c1-44-32-18-16-24(19-33(32)45-2)36-29-17-15-23-9-3-5-12-28(23)35(29)40-38-42(36)37(43)34(46-38)20-26-22-41(31-14-8-6-11-27(26)31)21-25-10-4-7-13-30(25)39/h3-14,16,18-20,22,36H,15,17,21H2,1-2H3. The maximum atomic E-state index is 14.6. The number of rotatable bonds is 6. The van der Waals surface area contributed by atoms with E-state index in [9.17, 15) is 9.18 Å². The van der Waals surface area contributed by atoms with Gasteiger partial charge < -0.3 is 14.0 Å². The summed E-state index contributed by atoms with van der Waals surface area (Å²) in [7, 11) is 3.24. The van der Waals surface area contributed by atoms with Crippen molar-refractivity contribution in [3.05, 3.63) is 156 Å². The van der Waals surface area contributed by atoms with E-state index in [0.717, 1.165) is 51.7 Å². The number of hydrogen-bond donors (Lipinski definition) is 0. The molecule has 0 fully saturated rings. The smallest absolute Gasteiger partial charge is 0.271 e. The SMILES string of the molecule is COc1ccc(C2C3=C(N=c4sc(=Cc5cn(Cc6ccccc6F)c6ccccc56)c(=O)n42)c2ccccc2CC3)cc1OC. The molecule has 0 bridgehead atoms. The van der Waals surface area contributed by atoms with Gasteiger partial charge in [-0.15, -0.1) is 0 Å². The highest BCUT2D eigenvalue weighted by Crippen LogP contribution is 2.42. The Balaban J connectivity index is 1.33. The lowest BCUT2D eigenvalue weighted by molar-refractivity contribution is 0.354. The Bertz CT molecular complexity index is 2380. The predicted octanol–water partition coefficient (Wildman–Crippen LogP) is 6.48. The van der Waals surface area contributed by atoms with Gasteiger partial charge in [-0.05, 0) is 59.9 Å². The molecule has 228 valence electrons. The van der Waals surface area contributed by atoms with E-state index in [1.54, 1.807) is 26.4 Å². The summed E-state index contributed by atoms with van der Waals surface area (Å²) in [5, 5.41) is 0.995. The van der Waals surface area contributed by atoms with Crippen LogP contribution in [0.1, 0.15) is 40.3 Å². The minimum absolute atomic E-state index is 0.0973. The number of para-hydroxylation sites is 1. The summed E-state index contributed by atoms with van der Waals surface area (Å²) in [5.41, 5.74) is 7.75. The van der Waals surface area contributed by atoms with Crippen LogP contribution in [0.5, 0.6) is 11.5 Å². The molecule has 2 aromatic heterocycles. The van der Waals surface area contributed by atoms with Crippen LogP contribution in [0.25, 0.3) is 22.7 Å². The molecule has 8 heteroatoms. The largest absolute Gasteiger partial charge is 0.493 e. The molecule has 0 spiro atoms. The third-order valence-electron chi connectivity index (χ3n) is 9.00. The molecule has 1 atom stereocenters. The lowest BCUT2D eigenvalue weighted by atomic mass is 9.83. The molecule has 0 saturated heterocycles. The quantitative estimate of drug-likeness (QED) is 0.213. The van der Waals surface area contributed by atoms with Crippen LogP contribution in [-0.4, -0.2) is 23.4 Å². The van der Waals surface area contributed by atoms with Gasteiger partial charge in [-0.2, -0.15) is 0 Å². The van der Waals surface area contributed by atoms with Gasteiger partial charge in [-0.1, -0.05) is 78.1 Å². The van der Waals surface area contributed by atoms with Crippen molar-refractivity contribution in [3.8, 4) is 11.5 Å². The van der Waals surface area contributed by atoms with Crippen molar-refractivity contribution in [1.82, 2.24) is 9.13 Å². The van der Waals surface area contributed by atoms with Gasteiger partial charge in [0.05, 0.1) is 37.0 Å². The lowest BCUT2D eigenvalue weighted by Gasteiger charge is -2.31. The van der Waals surface area contributed by atoms with Crippen molar-refractivity contribution in [2.75, 3.05) is 14.2 Å². The van der Waals surface area contributed by atoms with Crippen LogP contribution in [0.2, 0.25) is 0 Å². The summed E-state index contributed by atoms with van der Waals surface area (Å²) in [6, 6.07) is 28.8. The number of thiazole rings is 1. The van der Waals surface area contributed by atoms with E-state index in [4.69, 9.17) is 14.5 Å². The Hall–Kier alpha value is -5.21. The first-order chi connectivity index (χ1) is 22.5.